The lowest BCUT2D eigenvalue weighted by Crippen LogP contribution is -2.46. The summed E-state index contributed by atoms with van der Waals surface area (Å²) < 4.78 is 11.6. The predicted molar refractivity (Wildman–Crippen MR) is 154 cm³/mol. The number of hydrogen-bond donors (Lipinski definition) is 2. The van der Waals surface area contributed by atoms with Crippen LogP contribution in [-0.4, -0.2) is 39.6 Å². The number of rotatable bonds is 5. The highest BCUT2D eigenvalue weighted by molar-refractivity contribution is 5.95. The van der Waals surface area contributed by atoms with Gasteiger partial charge in [0.2, 0.25) is 0 Å². The summed E-state index contributed by atoms with van der Waals surface area (Å²) in [6, 6.07) is 0. The molecule has 1 saturated carbocycles. The molecular weight excluding hydrogens is 488 g/mol. The van der Waals surface area contributed by atoms with Gasteiger partial charge in [-0.1, -0.05) is 75.5 Å². The van der Waals surface area contributed by atoms with Crippen molar-refractivity contribution >= 4 is 5.97 Å². The molecule has 0 aromatic rings. The molecule has 2 aliphatic carbocycles. The minimum atomic E-state index is -0.488. The van der Waals surface area contributed by atoms with Gasteiger partial charge in [0.1, 0.15) is 17.0 Å². The molecule has 5 nitrogen and oxygen atoms in total. The molecule has 0 spiro atoms. The van der Waals surface area contributed by atoms with Gasteiger partial charge in [-0.15, -0.1) is 0 Å². The second-order valence-electron chi connectivity index (χ2n) is 12.9. The van der Waals surface area contributed by atoms with Gasteiger partial charge in [-0.2, -0.15) is 0 Å². The van der Waals surface area contributed by atoms with E-state index in [0.29, 0.717) is 30.6 Å². The van der Waals surface area contributed by atoms with Gasteiger partial charge >= 0.3 is 5.97 Å². The van der Waals surface area contributed by atoms with E-state index in [4.69, 9.17) is 9.47 Å². The largest absolute Gasteiger partial charge is 0.423 e. The van der Waals surface area contributed by atoms with Crippen LogP contribution in [0.15, 0.2) is 82.7 Å². The van der Waals surface area contributed by atoms with Crippen molar-refractivity contribution in [3.63, 3.8) is 0 Å². The Kier molecular flexibility index (Phi) is 7.89. The Hall–Kier alpha value is -2.91. The van der Waals surface area contributed by atoms with Crippen LogP contribution >= 0.6 is 0 Å². The van der Waals surface area contributed by atoms with Crippen molar-refractivity contribution in [2.75, 3.05) is 0 Å². The van der Waals surface area contributed by atoms with Gasteiger partial charge in [0.25, 0.3) is 0 Å². The van der Waals surface area contributed by atoms with Gasteiger partial charge in [-0.3, -0.25) is 0 Å². The van der Waals surface area contributed by atoms with Crippen LogP contribution < -0.4 is 0 Å². The van der Waals surface area contributed by atoms with E-state index < -0.39 is 11.2 Å². The molecule has 0 radical (unpaired) electrons. The number of hydrogen-bond acceptors (Lipinski definition) is 5. The van der Waals surface area contributed by atoms with Gasteiger partial charge in [-0.25, -0.2) is 4.79 Å². The first kappa shape index (κ1) is 29.1. The van der Waals surface area contributed by atoms with E-state index in [1.165, 1.54) is 5.57 Å². The summed E-state index contributed by atoms with van der Waals surface area (Å²) in [6.45, 7) is 14.5. The smallest absolute Gasteiger partial charge is 0.343 e. The third kappa shape index (κ3) is 5.99. The van der Waals surface area contributed by atoms with Crippen molar-refractivity contribution in [3.05, 3.63) is 82.7 Å². The molecule has 0 bridgehead atoms. The molecule has 2 aliphatic heterocycles. The van der Waals surface area contributed by atoms with Crippen LogP contribution in [0.3, 0.4) is 0 Å². The molecule has 4 rings (SSSR count). The molecule has 0 aromatic heterocycles. The second-order valence-corrected chi connectivity index (χ2v) is 12.9. The number of allylic oxidation sites excluding steroid dienone is 9. The standard InChI is InChI=1S/C34H42O5/c1-23(14-15-29-24(2)18-26(35)20-31(29,3)4)12-10-8-9-11-13-28-19-25(30(37)38-28)16-17-34-32(5,6)21-27(36)22-33(34,7)39-34/h8-13,16-17,19,26-27,35-36H,18,20-22H2,1-7H3/b10-8+,11-9+,17-16+,23-12+,28-13-/t26-,27+,33-,34+/m1/s1. The highest BCUT2D eigenvalue weighted by atomic mass is 16.6. The normalized spacial score (nSPS) is 34.9. The highest BCUT2D eigenvalue weighted by Crippen LogP contribution is 2.66. The number of esters is 1. The van der Waals surface area contributed by atoms with Crippen LogP contribution in [-0.2, 0) is 14.3 Å². The fourth-order valence-electron chi connectivity index (χ4n) is 6.64. The van der Waals surface area contributed by atoms with Gasteiger partial charge in [0, 0.05) is 22.8 Å². The maximum atomic E-state index is 12.4. The summed E-state index contributed by atoms with van der Waals surface area (Å²) in [5.41, 5.74) is 2.48. The van der Waals surface area contributed by atoms with E-state index in [2.05, 4.69) is 46.5 Å². The second kappa shape index (κ2) is 10.6. The summed E-state index contributed by atoms with van der Waals surface area (Å²) in [5, 5.41) is 20.3. The zero-order chi connectivity index (χ0) is 28.6. The molecule has 0 amide bonds. The van der Waals surface area contributed by atoms with E-state index in [1.54, 1.807) is 18.2 Å². The Morgan fingerprint density at radius 1 is 1.03 bits per heavy atom. The minimum absolute atomic E-state index is 0.114. The third-order valence-corrected chi connectivity index (χ3v) is 8.46. The lowest BCUT2D eigenvalue weighted by atomic mass is 9.63. The lowest BCUT2D eigenvalue weighted by Gasteiger charge is -2.39. The number of aliphatic hydroxyl groups excluding tert-OH is 2. The molecule has 1 saturated heterocycles. The number of epoxide rings is 1. The Balaban J connectivity index is 1.36. The first-order valence-corrected chi connectivity index (χ1v) is 13.8. The Bertz CT molecular complexity index is 1300. The summed E-state index contributed by atoms with van der Waals surface area (Å²) in [6.07, 6.45) is 18.7. The fraction of sp³-hybridized carbons (Fsp3) is 0.500. The van der Waals surface area contributed by atoms with Crippen molar-refractivity contribution in [2.24, 2.45) is 10.8 Å². The van der Waals surface area contributed by atoms with Gasteiger partial charge in [0.05, 0.1) is 17.8 Å². The number of ether oxygens (including phenoxy) is 2. The van der Waals surface area contributed by atoms with E-state index in [1.807, 2.05) is 50.3 Å². The van der Waals surface area contributed by atoms with Gasteiger partial charge in [0.15, 0.2) is 0 Å². The Labute approximate surface area is 233 Å². The van der Waals surface area contributed by atoms with Gasteiger partial charge in [-0.05, 0) is 69.9 Å². The van der Waals surface area contributed by atoms with Crippen molar-refractivity contribution in [3.8, 4) is 11.8 Å². The molecule has 4 aliphatic rings. The first-order chi connectivity index (χ1) is 18.2. The minimum Gasteiger partial charge on any atom is -0.423 e. The molecular formula is C34H42O5. The van der Waals surface area contributed by atoms with Gasteiger partial charge < -0.3 is 19.7 Å². The third-order valence-electron chi connectivity index (χ3n) is 8.46. The zero-order valence-electron chi connectivity index (χ0n) is 24.3. The maximum absolute atomic E-state index is 12.4. The summed E-state index contributed by atoms with van der Waals surface area (Å²) >= 11 is 0. The van der Waals surface area contributed by atoms with E-state index in [-0.39, 0.29) is 29.0 Å². The van der Waals surface area contributed by atoms with Crippen molar-refractivity contribution in [1.82, 2.24) is 0 Å². The number of carbonyl (C=O) groups is 1. The molecule has 208 valence electrons. The quantitative estimate of drug-likeness (QED) is 0.192. The summed E-state index contributed by atoms with van der Waals surface area (Å²) in [4.78, 5) is 12.4. The van der Waals surface area contributed by atoms with E-state index in [9.17, 15) is 15.0 Å². The Morgan fingerprint density at radius 2 is 1.74 bits per heavy atom. The topological polar surface area (TPSA) is 79.3 Å². The van der Waals surface area contributed by atoms with E-state index >= 15 is 0 Å². The zero-order valence-corrected chi connectivity index (χ0v) is 24.3. The summed E-state index contributed by atoms with van der Waals surface area (Å²) in [7, 11) is 0. The predicted octanol–water partition coefficient (Wildman–Crippen LogP) is 6.18. The molecule has 5 heteroatoms. The molecule has 0 unspecified atom stereocenters. The highest BCUT2D eigenvalue weighted by Gasteiger charge is 2.74. The average molecular weight is 531 g/mol. The number of carbonyl (C=O) groups excluding carboxylic acids is 1. The molecule has 0 aromatic carbocycles. The SMILES string of the molecule is CC1=C(C#C/C(C)=C/C=C/C=C/C=C2C=C(/C=C/[C@@]34O[C@]3(C)C[C@@H](O)CC4(C)C)C(=O)O/2)C(C)(C)C[C@H](O)C1. The Morgan fingerprint density at radius 3 is 2.44 bits per heavy atom. The van der Waals surface area contributed by atoms with Crippen LogP contribution in [0, 0.1) is 22.7 Å². The molecule has 2 fully saturated rings. The summed E-state index contributed by atoms with van der Waals surface area (Å²) in [5.74, 6) is 6.68. The van der Waals surface area contributed by atoms with E-state index in [0.717, 1.165) is 17.6 Å². The number of fused-ring (bicyclic) bond motifs is 1. The van der Waals surface area contributed by atoms with Crippen molar-refractivity contribution in [2.45, 2.75) is 97.6 Å². The molecule has 2 N–H and O–H groups in total. The van der Waals surface area contributed by atoms with Crippen LogP contribution in [0.2, 0.25) is 0 Å². The molecule has 4 atom stereocenters. The van der Waals surface area contributed by atoms with Crippen molar-refractivity contribution in [1.29, 1.82) is 0 Å². The van der Waals surface area contributed by atoms with Crippen LogP contribution in [0.5, 0.6) is 0 Å². The monoisotopic (exact) mass is 530 g/mol. The lowest BCUT2D eigenvalue weighted by molar-refractivity contribution is -0.132. The maximum Gasteiger partial charge on any atom is 0.343 e. The van der Waals surface area contributed by atoms with Crippen LogP contribution in [0.4, 0.5) is 0 Å². The molecule has 39 heavy (non-hydrogen) atoms. The average Bonchev–Trinajstić information content (AvgIpc) is 3.26. The number of cyclic esters (lactones) is 1. The number of aliphatic hydroxyl groups is 2. The first-order valence-electron chi connectivity index (χ1n) is 13.8. The molecule has 2 heterocycles. The fourth-order valence-corrected chi connectivity index (χ4v) is 6.64. The van der Waals surface area contributed by atoms with Crippen molar-refractivity contribution < 1.29 is 24.5 Å². The van der Waals surface area contributed by atoms with Crippen LogP contribution in [0.25, 0.3) is 0 Å². The van der Waals surface area contributed by atoms with Crippen LogP contribution in [0.1, 0.15) is 74.1 Å².